The number of anilines is 1. The van der Waals surface area contributed by atoms with Gasteiger partial charge in [-0.2, -0.15) is 18.4 Å². The van der Waals surface area contributed by atoms with Crippen molar-refractivity contribution in [2.24, 2.45) is 0 Å². The lowest BCUT2D eigenvalue weighted by atomic mass is 10.1. The Labute approximate surface area is 78.0 Å². The molecule has 0 atom stereocenters. The average molecular weight is 201 g/mol. The fourth-order valence-electron chi connectivity index (χ4n) is 0.966. The molecule has 1 aromatic rings. The first kappa shape index (κ1) is 10.3. The van der Waals surface area contributed by atoms with E-state index in [4.69, 9.17) is 11.0 Å². The highest BCUT2D eigenvalue weighted by atomic mass is 19.4. The quantitative estimate of drug-likeness (QED) is 0.752. The van der Waals surface area contributed by atoms with Gasteiger partial charge in [0.25, 0.3) is 0 Å². The first-order valence-electron chi connectivity index (χ1n) is 3.63. The lowest BCUT2D eigenvalue weighted by Crippen LogP contribution is -2.11. The van der Waals surface area contributed by atoms with Crippen molar-refractivity contribution in [3.63, 3.8) is 0 Å². The molecule has 0 aliphatic carbocycles. The maximum atomic E-state index is 12.3. The normalized spacial score (nSPS) is 11.0. The summed E-state index contributed by atoms with van der Waals surface area (Å²) in [6.45, 7) is 0. The van der Waals surface area contributed by atoms with Crippen LogP contribution >= 0.6 is 0 Å². The summed E-state index contributed by atoms with van der Waals surface area (Å²) in [5.74, 6) is 0. The van der Waals surface area contributed by atoms with Crippen molar-refractivity contribution in [3.05, 3.63) is 23.5 Å². The first-order valence-corrected chi connectivity index (χ1v) is 3.63. The van der Waals surface area contributed by atoms with Crippen LogP contribution in [-0.4, -0.2) is 4.98 Å². The van der Waals surface area contributed by atoms with Gasteiger partial charge in [-0.1, -0.05) is 0 Å². The summed E-state index contributed by atoms with van der Waals surface area (Å²) in [6.07, 6.45) is -2.89. The molecule has 0 aromatic carbocycles. The van der Waals surface area contributed by atoms with E-state index >= 15 is 0 Å². The Balaban J connectivity index is 3.22. The second-order valence-electron chi connectivity index (χ2n) is 2.59. The molecule has 0 fully saturated rings. The van der Waals surface area contributed by atoms with Crippen LogP contribution in [0, 0.1) is 11.3 Å². The van der Waals surface area contributed by atoms with Crippen LogP contribution in [-0.2, 0) is 12.6 Å². The van der Waals surface area contributed by atoms with Crippen molar-refractivity contribution in [1.29, 1.82) is 5.26 Å². The van der Waals surface area contributed by atoms with E-state index in [1.807, 2.05) is 0 Å². The molecule has 1 aromatic heterocycles. The molecule has 2 N–H and O–H groups in total. The molecule has 74 valence electrons. The van der Waals surface area contributed by atoms with Crippen molar-refractivity contribution in [1.82, 2.24) is 4.98 Å². The van der Waals surface area contributed by atoms with Crippen molar-refractivity contribution >= 4 is 5.69 Å². The van der Waals surface area contributed by atoms with Gasteiger partial charge in [0, 0.05) is 18.0 Å². The van der Waals surface area contributed by atoms with Gasteiger partial charge in [0.05, 0.1) is 23.7 Å². The summed E-state index contributed by atoms with van der Waals surface area (Å²) < 4.78 is 36.8. The van der Waals surface area contributed by atoms with E-state index in [2.05, 4.69) is 4.98 Å². The van der Waals surface area contributed by atoms with E-state index in [-0.39, 0.29) is 12.0 Å². The van der Waals surface area contributed by atoms with Gasteiger partial charge in [-0.25, -0.2) is 0 Å². The lowest BCUT2D eigenvalue weighted by Gasteiger charge is -2.10. The Hall–Kier alpha value is -1.77. The molecule has 0 aliphatic rings. The molecular weight excluding hydrogens is 195 g/mol. The lowest BCUT2D eigenvalue weighted by molar-refractivity contribution is -0.137. The standard InChI is InChI=1S/C8H6F3N3/c9-8(10,11)6-4-14-3-5(1-2-12)7(6)13/h3-4H,1H2,(H2,13,14). The Morgan fingerprint density at radius 3 is 2.57 bits per heavy atom. The molecule has 0 bridgehead atoms. The number of nitrogens with zero attached hydrogens (tertiary/aromatic N) is 2. The predicted octanol–water partition coefficient (Wildman–Crippen LogP) is 1.75. The van der Waals surface area contributed by atoms with E-state index in [0.29, 0.717) is 6.20 Å². The molecule has 0 spiro atoms. The molecule has 14 heavy (non-hydrogen) atoms. The minimum atomic E-state index is -4.53. The number of halogens is 3. The minimum absolute atomic E-state index is 0.0994. The molecule has 0 radical (unpaired) electrons. The number of hydrogen-bond acceptors (Lipinski definition) is 3. The number of rotatable bonds is 1. The summed E-state index contributed by atoms with van der Waals surface area (Å²) in [5, 5.41) is 8.32. The number of nitriles is 1. The highest BCUT2D eigenvalue weighted by Gasteiger charge is 2.34. The van der Waals surface area contributed by atoms with Crippen molar-refractivity contribution in [2.45, 2.75) is 12.6 Å². The molecular formula is C8H6F3N3. The minimum Gasteiger partial charge on any atom is -0.398 e. The van der Waals surface area contributed by atoms with Crippen LogP contribution in [0.1, 0.15) is 11.1 Å². The van der Waals surface area contributed by atoms with Crippen LogP contribution < -0.4 is 5.73 Å². The Bertz CT molecular complexity index is 378. The van der Waals surface area contributed by atoms with Crippen molar-refractivity contribution in [2.75, 3.05) is 5.73 Å². The third kappa shape index (κ3) is 1.93. The van der Waals surface area contributed by atoms with Crippen LogP contribution in [0.5, 0.6) is 0 Å². The first-order chi connectivity index (χ1) is 6.46. The zero-order chi connectivity index (χ0) is 10.8. The third-order valence-corrected chi connectivity index (χ3v) is 1.65. The molecule has 0 amide bonds. The molecule has 6 heteroatoms. The zero-order valence-corrected chi connectivity index (χ0v) is 6.97. The number of hydrogen-bond donors (Lipinski definition) is 1. The van der Waals surface area contributed by atoms with Gasteiger partial charge in [0.1, 0.15) is 0 Å². The number of nitrogens with two attached hydrogens (primary N) is 1. The molecule has 0 unspecified atom stereocenters. The van der Waals surface area contributed by atoms with Crippen molar-refractivity contribution < 1.29 is 13.2 Å². The Kier molecular flexibility index (Phi) is 2.60. The molecule has 1 rings (SSSR count). The molecule has 1 heterocycles. The van der Waals surface area contributed by atoms with Gasteiger partial charge in [0.15, 0.2) is 0 Å². The fraction of sp³-hybridized carbons (Fsp3) is 0.250. The number of pyridine rings is 1. The van der Waals surface area contributed by atoms with Crippen LogP contribution in [0.2, 0.25) is 0 Å². The summed E-state index contributed by atoms with van der Waals surface area (Å²) >= 11 is 0. The molecule has 0 saturated carbocycles. The van der Waals surface area contributed by atoms with Crippen LogP contribution in [0.3, 0.4) is 0 Å². The number of nitrogen functional groups attached to an aromatic ring is 1. The van der Waals surface area contributed by atoms with Crippen molar-refractivity contribution in [3.8, 4) is 6.07 Å². The van der Waals surface area contributed by atoms with E-state index in [1.165, 1.54) is 0 Å². The zero-order valence-electron chi connectivity index (χ0n) is 6.97. The SMILES string of the molecule is N#CCc1cncc(C(F)(F)F)c1N. The highest BCUT2D eigenvalue weighted by molar-refractivity contribution is 5.54. The van der Waals surface area contributed by atoms with Gasteiger partial charge in [-0.15, -0.1) is 0 Å². The van der Waals surface area contributed by atoms with Gasteiger partial charge in [0.2, 0.25) is 0 Å². The Morgan fingerprint density at radius 1 is 1.43 bits per heavy atom. The summed E-state index contributed by atoms with van der Waals surface area (Å²) in [5.41, 5.74) is 3.93. The maximum Gasteiger partial charge on any atom is 0.419 e. The monoisotopic (exact) mass is 201 g/mol. The third-order valence-electron chi connectivity index (χ3n) is 1.65. The smallest absolute Gasteiger partial charge is 0.398 e. The second-order valence-corrected chi connectivity index (χ2v) is 2.59. The summed E-state index contributed by atoms with van der Waals surface area (Å²) in [6, 6.07) is 1.72. The Morgan fingerprint density at radius 2 is 2.07 bits per heavy atom. The van der Waals surface area contributed by atoms with Gasteiger partial charge in [-0.3, -0.25) is 4.98 Å². The topological polar surface area (TPSA) is 62.7 Å². The van der Waals surface area contributed by atoms with Gasteiger partial charge in [-0.05, 0) is 0 Å². The predicted molar refractivity (Wildman–Crippen MR) is 43.0 cm³/mol. The number of alkyl halides is 3. The van der Waals surface area contributed by atoms with E-state index in [0.717, 1.165) is 6.20 Å². The van der Waals surface area contributed by atoms with Crippen LogP contribution in [0.15, 0.2) is 12.4 Å². The molecule has 3 nitrogen and oxygen atoms in total. The van der Waals surface area contributed by atoms with E-state index < -0.39 is 17.4 Å². The van der Waals surface area contributed by atoms with E-state index in [9.17, 15) is 13.2 Å². The molecule has 0 saturated heterocycles. The van der Waals surface area contributed by atoms with Crippen LogP contribution in [0.4, 0.5) is 18.9 Å². The fourth-order valence-corrected chi connectivity index (χ4v) is 0.966. The maximum absolute atomic E-state index is 12.3. The molecule has 0 aliphatic heterocycles. The summed E-state index contributed by atoms with van der Waals surface area (Å²) in [4.78, 5) is 3.38. The second kappa shape index (κ2) is 3.54. The average Bonchev–Trinajstić information content (AvgIpc) is 2.07. The van der Waals surface area contributed by atoms with Gasteiger partial charge < -0.3 is 5.73 Å². The van der Waals surface area contributed by atoms with Gasteiger partial charge >= 0.3 is 6.18 Å². The number of aromatic nitrogens is 1. The van der Waals surface area contributed by atoms with Crippen LogP contribution in [0.25, 0.3) is 0 Å². The van der Waals surface area contributed by atoms with E-state index in [1.54, 1.807) is 6.07 Å². The summed E-state index contributed by atoms with van der Waals surface area (Å²) in [7, 11) is 0. The largest absolute Gasteiger partial charge is 0.419 e. The highest BCUT2D eigenvalue weighted by Crippen LogP contribution is 2.34.